The number of ether oxygens (including phenoxy) is 8. The van der Waals surface area contributed by atoms with Crippen molar-refractivity contribution in [3.05, 3.63) is 28.3 Å². The maximum Gasteiger partial charge on any atom is 0.407 e. The first-order valence-electron chi connectivity index (χ1n) is 29.5. The van der Waals surface area contributed by atoms with E-state index in [-0.39, 0.29) is 53.2 Å². The van der Waals surface area contributed by atoms with Gasteiger partial charge in [0.15, 0.2) is 17.4 Å². The molecule has 4 fully saturated rings. The summed E-state index contributed by atoms with van der Waals surface area (Å²) < 4.78 is 62.8. The number of amides is 1. The van der Waals surface area contributed by atoms with Gasteiger partial charge in [-0.15, -0.1) is 0 Å². The van der Waals surface area contributed by atoms with Gasteiger partial charge in [0, 0.05) is 46.4 Å². The Morgan fingerprint density at radius 2 is 1.58 bits per heavy atom. The molecule has 2 aromatic heterocycles. The van der Waals surface area contributed by atoms with E-state index in [0.29, 0.717) is 71.4 Å². The lowest BCUT2D eigenvalue weighted by molar-refractivity contribution is -0.0581. The lowest BCUT2D eigenvalue weighted by Gasteiger charge is -2.58. The van der Waals surface area contributed by atoms with E-state index < -0.39 is 31.6 Å². The first-order chi connectivity index (χ1) is 37.2. The standard InChI is InChI=1S/C40H71NO7.C15H24N5O6P.C3H8/c1-30(2)9-7-10-31(3)35-13-14-36-34-12-11-32-29-33(15-17-39(32,4)37(34)16-18-40(35,36)5)48-38(42)41-19-8-20-44-23-24-46-27-28-47-26-25-45-22-21-43-6;1-7(2)9-8(5-25-27(4,22)23)26-14(11(9)24-3)20-6-17-10-12(20)18-15(16)19-13(10)21;1-3-2/h11,30-31,33-37H,7-10,12-29H2,1-6H3,(H,41,42);6-9,11,14H,5H2,1-4H3,(H,22,23)(H3,16,18,19,21);3H2,1-2H3/t31-,33?,34?,35?,36?,37?,39-,40+;8-,9?,11+,14-;/m11./s1. The van der Waals surface area contributed by atoms with Crippen LogP contribution >= 0.6 is 7.60 Å². The molecule has 19 nitrogen and oxygen atoms in total. The monoisotopic (exact) mass is 1120 g/mol. The van der Waals surface area contributed by atoms with Crippen molar-refractivity contribution in [3.8, 4) is 0 Å². The van der Waals surface area contributed by atoms with Crippen LogP contribution in [0.2, 0.25) is 0 Å². The molecule has 3 heterocycles. The second-order valence-electron chi connectivity index (χ2n) is 24.0. The molecule has 1 aliphatic heterocycles. The molecule has 2 aromatic rings. The van der Waals surface area contributed by atoms with Crippen LogP contribution in [0.25, 0.3) is 11.2 Å². The number of nitrogens with one attached hydrogen (secondary N) is 2. The Hall–Kier alpha value is -2.97. The van der Waals surface area contributed by atoms with E-state index in [9.17, 15) is 19.0 Å². The zero-order valence-corrected chi connectivity index (χ0v) is 50.7. The maximum atomic E-state index is 12.6. The van der Waals surface area contributed by atoms with Crippen molar-refractivity contribution in [2.24, 2.45) is 58.2 Å². The van der Waals surface area contributed by atoms with Crippen LogP contribution in [0.5, 0.6) is 0 Å². The third kappa shape index (κ3) is 18.3. The molecule has 448 valence electrons. The number of aromatic amines is 1. The SMILES string of the molecule is CCC.COCCOCCOCCOCCOCCCNC(=O)OC1CC[C@]2(C)C(=CCC3C4CCC([C@H](C)CCCC(C)C)[C@]4(C)CCC32)C1.CO[C@H]1C(C(C)C)[C@@H](COP(C)(=O)O)O[C@H]1n1cnc2c(=O)[nH]c(N)nc21. The number of H-pyrrole nitrogens is 1. The number of hydrogen-bond acceptors (Lipinski definition) is 15. The summed E-state index contributed by atoms with van der Waals surface area (Å²) in [6.07, 6.45) is 18.2. The number of anilines is 1. The minimum atomic E-state index is -3.65. The van der Waals surface area contributed by atoms with Gasteiger partial charge in [0.25, 0.3) is 5.56 Å². The molecule has 78 heavy (non-hydrogen) atoms. The lowest BCUT2D eigenvalue weighted by Crippen LogP contribution is -2.51. The van der Waals surface area contributed by atoms with E-state index in [0.717, 1.165) is 67.9 Å². The summed E-state index contributed by atoms with van der Waals surface area (Å²) in [4.78, 5) is 44.8. The third-order valence-electron chi connectivity index (χ3n) is 17.5. The van der Waals surface area contributed by atoms with Crippen LogP contribution in [0.1, 0.15) is 152 Å². The summed E-state index contributed by atoms with van der Waals surface area (Å²) >= 11 is 0. The van der Waals surface area contributed by atoms with Gasteiger partial charge in [-0.25, -0.2) is 9.78 Å². The van der Waals surface area contributed by atoms with E-state index in [2.05, 4.69) is 74.8 Å². The van der Waals surface area contributed by atoms with Crippen LogP contribution in [0, 0.1) is 58.2 Å². The quantitative estimate of drug-likeness (QED) is 0.0352. The number of rotatable bonds is 28. The molecule has 13 atom stereocenters. The van der Waals surface area contributed by atoms with E-state index >= 15 is 0 Å². The average Bonchev–Trinajstić information content (AvgIpc) is 4.16. The highest BCUT2D eigenvalue weighted by Gasteiger charge is 2.59. The van der Waals surface area contributed by atoms with Crippen molar-refractivity contribution in [1.82, 2.24) is 24.8 Å². The number of imidazole rings is 1. The predicted molar refractivity (Wildman–Crippen MR) is 304 cm³/mol. The van der Waals surface area contributed by atoms with Crippen LogP contribution in [0.15, 0.2) is 22.8 Å². The van der Waals surface area contributed by atoms with E-state index in [1.807, 2.05) is 13.8 Å². The fourth-order valence-corrected chi connectivity index (χ4v) is 14.2. The molecule has 0 aromatic carbocycles. The van der Waals surface area contributed by atoms with E-state index in [4.69, 9.17) is 48.2 Å². The van der Waals surface area contributed by atoms with Gasteiger partial charge in [0.05, 0.1) is 71.9 Å². The molecule has 0 bridgehead atoms. The number of fused-ring (bicyclic) bond motifs is 6. The molecular weight excluding hydrogens is 1020 g/mol. The number of allylic oxidation sites excluding steroid dienone is 1. The van der Waals surface area contributed by atoms with Crippen LogP contribution < -0.4 is 16.6 Å². The number of carbonyl (C=O) groups excluding carboxylic acids is 1. The highest BCUT2D eigenvalue weighted by atomic mass is 31.2. The Morgan fingerprint density at radius 1 is 0.923 bits per heavy atom. The highest BCUT2D eigenvalue weighted by molar-refractivity contribution is 7.51. The van der Waals surface area contributed by atoms with Crippen LogP contribution in [-0.2, 0) is 47.0 Å². The molecule has 7 rings (SSSR count). The summed E-state index contributed by atoms with van der Waals surface area (Å²) in [5.74, 6) is 5.05. The zero-order chi connectivity index (χ0) is 57.0. The number of nitrogens with zero attached hydrogens (tertiary/aromatic N) is 3. The fraction of sp³-hybridized carbons (Fsp3) is 0.862. The average molecular weight is 1120 g/mol. The molecule has 4 aliphatic carbocycles. The van der Waals surface area contributed by atoms with Gasteiger partial charge in [0.1, 0.15) is 12.2 Å². The molecule has 1 saturated heterocycles. The van der Waals surface area contributed by atoms with Crippen LogP contribution in [0.3, 0.4) is 0 Å². The number of nitrogen functional groups attached to an aromatic ring is 1. The minimum Gasteiger partial charge on any atom is -0.446 e. The molecule has 0 spiro atoms. The Kier molecular flexibility index (Phi) is 27.0. The Bertz CT molecular complexity index is 2220. The normalized spacial score (nSPS) is 29.6. The number of methoxy groups -OCH3 is 2. The maximum absolute atomic E-state index is 12.6. The van der Waals surface area contributed by atoms with E-state index in [1.54, 1.807) is 24.4 Å². The van der Waals surface area contributed by atoms with E-state index in [1.165, 1.54) is 64.1 Å². The van der Waals surface area contributed by atoms with Crippen molar-refractivity contribution in [3.63, 3.8) is 0 Å². The molecule has 5 N–H and O–H groups in total. The van der Waals surface area contributed by atoms with Crippen LogP contribution in [0.4, 0.5) is 10.7 Å². The molecule has 3 saturated carbocycles. The van der Waals surface area contributed by atoms with Crippen LogP contribution in [-0.4, -0.2) is 142 Å². The topological polar surface area (TPSA) is 239 Å². The molecule has 1 amide bonds. The van der Waals surface area contributed by atoms with Crippen molar-refractivity contribution < 1.29 is 56.7 Å². The highest BCUT2D eigenvalue weighted by Crippen LogP contribution is 2.67. The number of carbonyl (C=O) groups is 1. The van der Waals surface area contributed by atoms with Gasteiger partial charge in [0.2, 0.25) is 5.95 Å². The fourth-order valence-electron chi connectivity index (χ4n) is 13.8. The second kappa shape index (κ2) is 32.0. The van der Waals surface area contributed by atoms with Crippen molar-refractivity contribution in [2.75, 3.05) is 99.2 Å². The zero-order valence-electron chi connectivity index (χ0n) is 49.8. The molecule has 20 heteroatoms. The van der Waals surface area contributed by atoms with Crippen molar-refractivity contribution >= 4 is 30.8 Å². The second-order valence-corrected chi connectivity index (χ2v) is 25.8. The van der Waals surface area contributed by atoms with Gasteiger partial charge < -0.3 is 58.4 Å². The first-order valence-corrected chi connectivity index (χ1v) is 31.5. The summed E-state index contributed by atoms with van der Waals surface area (Å²) in [7, 11) is -0.433. The largest absolute Gasteiger partial charge is 0.446 e. The molecule has 7 unspecified atom stereocenters. The van der Waals surface area contributed by atoms with Gasteiger partial charge in [-0.1, -0.05) is 99.6 Å². The van der Waals surface area contributed by atoms with Gasteiger partial charge in [-0.05, 0) is 104 Å². The summed E-state index contributed by atoms with van der Waals surface area (Å²) in [6.45, 7) is 27.4. The van der Waals surface area contributed by atoms with Gasteiger partial charge in [-0.2, -0.15) is 4.98 Å². The Balaban J connectivity index is 0.000000314. The third-order valence-corrected chi connectivity index (χ3v) is 18.1. The molecular formula is C58H103N6O13P. The number of aromatic nitrogens is 4. The number of alkyl carbamates (subject to hydrolysis) is 1. The smallest absolute Gasteiger partial charge is 0.407 e. The predicted octanol–water partition coefficient (Wildman–Crippen LogP) is 10.4. The Labute approximate surface area is 466 Å². The van der Waals surface area contributed by atoms with Gasteiger partial charge in [-0.3, -0.25) is 18.9 Å². The molecule has 0 radical (unpaired) electrons. The number of hydrogen-bond donors (Lipinski definition) is 4. The summed E-state index contributed by atoms with van der Waals surface area (Å²) in [5.41, 5.74) is 7.98. The first kappa shape index (κ1) is 65.8. The summed E-state index contributed by atoms with van der Waals surface area (Å²) in [5, 5.41) is 2.94. The lowest BCUT2D eigenvalue weighted by atomic mass is 9.47. The van der Waals surface area contributed by atoms with Crippen molar-refractivity contribution in [2.45, 2.75) is 170 Å². The van der Waals surface area contributed by atoms with Gasteiger partial charge >= 0.3 is 13.7 Å². The Morgan fingerprint density at radius 3 is 2.19 bits per heavy atom. The minimum absolute atomic E-state index is 0.0159. The van der Waals surface area contributed by atoms with Crippen molar-refractivity contribution in [1.29, 1.82) is 0 Å². The molecule has 5 aliphatic rings. The summed E-state index contributed by atoms with van der Waals surface area (Å²) in [6, 6.07) is 0. The number of nitrogens with two attached hydrogens (primary N) is 1.